The molecule has 0 heterocycles. The number of halogens is 3. The van der Waals surface area contributed by atoms with Gasteiger partial charge in [0.25, 0.3) is 0 Å². The molecule has 0 radical (unpaired) electrons. The summed E-state index contributed by atoms with van der Waals surface area (Å²) in [5, 5.41) is 3.10. The number of hydrogen-bond acceptors (Lipinski definition) is 3. The third-order valence-corrected chi connectivity index (χ3v) is 2.95. The number of alkyl halides is 2. The Balaban J connectivity index is 1.93. The minimum atomic E-state index is -3.02. The Morgan fingerprint density at radius 1 is 1.33 bits per heavy atom. The zero-order valence-corrected chi connectivity index (χ0v) is 9.83. The Morgan fingerprint density at radius 2 is 2.06 bits per heavy atom. The molecule has 0 unspecified atom stereocenters. The van der Waals surface area contributed by atoms with Crippen LogP contribution in [0.5, 0.6) is 5.75 Å². The molecule has 3 nitrogen and oxygen atoms in total. The molecule has 18 heavy (non-hydrogen) atoms. The lowest BCUT2D eigenvalue weighted by Crippen LogP contribution is -2.40. The maximum atomic E-state index is 13.4. The van der Waals surface area contributed by atoms with Gasteiger partial charge < -0.3 is 14.8 Å². The van der Waals surface area contributed by atoms with E-state index in [1.165, 1.54) is 12.1 Å². The summed E-state index contributed by atoms with van der Waals surface area (Å²) in [5.41, 5.74) is 0.550. The van der Waals surface area contributed by atoms with Gasteiger partial charge in [0.2, 0.25) is 0 Å². The second-order valence-corrected chi connectivity index (χ2v) is 4.19. The molecular formula is C12H14F3NO2. The van der Waals surface area contributed by atoms with Crippen molar-refractivity contribution >= 4 is 5.69 Å². The van der Waals surface area contributed by atoms with Crippen molar-refractivity contribution in [3.05, 3.63) is 24.0 Å². The summed E-state index contributed by atoms with van der Waals surface area (Å²) in [7, 11) is 1.65. The summed E-state index contributed by atoms with van der Waals surface area (Å²) >= 11 is 0. The predicted molar refractivity (Wildman–Crippen MR) is 60.5 cm³/mol. The van der Waals surface area contributed by atoms with Crippen molar-refractivity contribution < 1.29 is 22.6 Å². The highest BCUT2D eigenvalue weighted by molar-refractivity contribution is 5.48. The zero-order chi connectivity index (χ0) is 13.1. The maximum Gasteiger partial charge on any atom is 0.387 e. The van der Waals surface area contributed by atoms with Crippen LogP contribution >= 0.6 is 0 Å². The lowest BCUT2D eigenvalue weighted by molar-refractivity contribution is -0.0521. The molecule has 1 aliphatic carbocycles. The number of nitrogens with one attached hydrogen (secondary N) is 1. The quantitative estimate of drug-likeness (QED) is 0.883. The van der Waals surface area contributed by atoms with E-state index in [1.54, 1.807) is 7.11 Å². The molecule has 1 fully saturated rings. The molecule has 2 rings (SSSR count). The van der Waals surface area contributed by atoms with E-state index < -0.39 is 18.2 Å². The molecule has 6 heteroatoms. The Bertz CT molecular complexity index is 408. The topological polar surface area (TPSA) is 30.5 Å². The summed E-state index contributed by atoms with van der Waals surface area (Å²) in [5.74, 6) is -1.25. The molecule has 0 amide bonds. The van der Waals surface area contributed by atoms with E-state index in [4.69, 9.17) is 4.74 Å². The maximum absolute atomic E-state index is 13.4. The van der Waals surface area contributed by atoms with E-state index in [-0.39, 0.29) is 12.1 Å². The second kappa shape index (κ2) is 5.48. The SMILES string of the molecule is COC1CC(Nc2ccc(OC(F)F)c(F)c2)C1. The number of anilines is 1. The van der Waals surface area contributed by atoms with Gasteiger partial charge in [0.1, 0.15) is 0 Å². The number of methoxy groups -OCH3 is 1. The first-order chi connectivity index (χ1) is 8.58. The first-order valence-corrected chi connectivity index (χ1v) is 5.62. The van der Waals surface area contributed by atoms with Crippen molar-refractivity contribution in [2.45, 2.75) is 31.6 Å². The van der Waals surface area contributed by atoms with Gasteiger partial charge in [-0.1, -0.05) is 0 Å². The van der Waals surface area contributed by atoms with Gasteiger partial charge in [0.05, 0.1) is 6.10 Å². The highest BCUT2D eigenvalue weighted by Gasteiger charge is 2.28. The van der Waals surface area contributed by atoms with Crippen LogP contribution < -0.4 is 10.1 Å². The van der Waals surface area contributed by atoms with E-state index in [9.17, 15) is 13.2 Å². The number of rotatable bonds is 5. The van der Waals surface area contributed by atoms with Crippen LogP contribution in [0.3, 0.4) is 0 Å². The molecule has 0 aliphatic heterocycles. The molecule has 0 aromatic heterocycles. The van der Waals surface area contributed by atoms with Crippen LogP contribution in [0.1, 0.15) is 12.8 Å². The van der Waals surface area contributed by atoms with Crippen molar-refractivity contribution in [3.8, 4) is 5.75 Å². The fourth-order valence-corrected chi connectivity index (χ4v) is 1.89. The van der Waals surface area contributed by atoms with Gasteiger partial charge >= 0.3 is 6.61 Å². The summed E-state index contributed by atoms with van der Waals surface area (Å²) in [4.78, 5) is 0. The lowest BCUT2D eigenvalue weighted by Gasteiger charge is -2.35. The molecule has 1 aromatic rings. The molecule has 1 saturated carbocycles. The van der Waals surface area contributed by atoms with Crippen LogP contribution in [0.2, 0.25) is 0 Å². The van der Waals surface area contributed by atoms with Gasteiger partial charge in [-0.2, -0.15) is 8.78 Å². The average molecular weight is 261 g/mol. The number of ether oxygens (including phenoxy) is 2. The van der Waals surface area contributed by atoms with Gasteiger partial charge in [-0.05, 0) is 25.0 Å². The van der Waals surface area contributed by atoms with Gasteiger partial charge in [-0.25, -0.2) is 4.39 Å². The monoisotopic (exact) mass is 261 g/mol. The normalized spacial score (nSPS) is 22.7. The van der Waals surface area contributed by atoms with Crippen molar-refractivity contribution in [2.75, 3.05) is 12.4 Å². The second-order valence-electron chi connectivity index (χ2n) is 4.19. The fraction of sp³-hybridized carbons (Fsp3) is 0.500. The van der Waals surface area contributed by atoms with Crippen molar-refractivity contribution in [3.63, 3.8) is 0 Å². The summed E-state index contributed by atoms with van der Waals surface area (Å²) in [6.45, 7) is -3.02. The third kappa shape index (κ3) is 3.07. The van der Waals surface area contributed by atoms with Crippen molar-refractivity contribution in [1.29, 1.82) is 0 Å². The predicted octanol–water partition coefficient (Wildman–Crippen LogP) is 3.02. The molecule has 0 spiro atoms. The van der Waals surface area contributed by atoms with Crippen LogP contribution in [0.25, 0.3) is 0 Å². The van der Waals surface area contributed by atoms with Gasteiger partial charge in [0.15, 0.2) is 11.6 Å². The average Bonchev–Trinajstić information content (AvgIpc) is 2.26. The summed E-state index contributed by atoms with van der Waals surface area (Å²) < 4.78 is 46.4. The molecule has 0 saturated heterocycles. The summed E-state index contributed by atoms with van der Waals surface area (Å²) in [6.07, 6.45) is 1.95. The van der Waals surface area contributed by atoms with E-state index in [0.29, 0.717) is 5.69 Å². The van der Waals surface area contributed by atoms with Crippen LogP contribution in [0.4, 0.5) is 18.9 Å². The first-order valence-electron chi connectivity index (χ1n) is 5.62. The minimum absolute atomic E-state index is 0.233. The Hall–Kier alpha value is -1.43. The standard InChI is InChI=1S/C12H14F3NO2/c1-17-9-4-8(5-9)16-7-2-3-11(10(13)6-7)18-12(14)15/h2-3,6,8-9,12,16H,4-5H2,1H3. The number of hydrogen-bond donors (Lipinski definition) is 1. The molecule has 100 valence electrons. The first kappa shape index (κ1) is 13.0. The largest absolute Gasteiger partial charge is 0.432 e. The lowest BCUT2D eigenvalue weighted by atomic mass is 9.89. The third-order valence-electron chi connectivity index (χ3n) is 2.95. The smallest absolute Gasteiger partial charge is 0.387 e. The van der Waals surface area contributed by atoms with Crippen LogP contribution in [0, 0.1) is 5.82 Å². The van der Waals surface area contributed by atoms with Crippen molar-refractivity contribution in [2.24, 2.45) is 0 Å². The molecule has 1 aromatic carbocycles. The van der Waals surface area contributed by atoms with Crippen molar-refractivity contribution in [1.82, 2.24) is 0 Å². The van der Waals surface area contributed by atoms with E-state index in [1.807, 2.05) is 0 Å². The minimum Gasteiger partial charge on any atom is -0.432 e. The molecular weight excluding hydrogens is 247 g/mol. The highest BCUT2D eigenvalue weighted by atomic mass is 19.3. The Kier molecular flexibility index (Phi) is 3.96. The van der Waals surface area contributed by atoms with E-state index in [2.05, 4.69) is 10.1 Å². The number of benzene rings is 1. The fourth-order valence-electron chi connectivity index (χ4n) is 1.89. The summed E-state index contributed by atoms with van der Waals surface area (Å²) in [6, 6.07) is 4.09. The van der Waals surface area contributed by atoms with Crippen LogP contribution in [-0.4, -0.2) is 25.9 Å². The Morgan fingerprint density at radius 3 is 2.61 bits per heavy atom. The van der Waals surface area contributed by atoms with Gasteiger partial charge in [-0.15, -0.1) is 0 Å². The van der Waals surface area contributed by atoms with Gasteiger partial charge in [-0.3, -0.25) is 0 Å². The Labute approximate surface area is 103 Å². The zero-order valence-electron chi connectivity index (χ0n) is 9.83. The highest BCUT2D eigenvalue weighted by Crippen LogP contribution is 2.28. The molecule has 0 atom stereocenters. The molecule has 1 aliphatic rings. The molecule has 0 bridgehead atoms. The van der Waals surface area contributed by atoms with E-state index >= 15 is 0 Å². The van der Waals surface area contributed by atoms with Gasteiger partial charge in [0, 0.05) is 24.9 Å². The van der Waals surface area contributed by atoms with Crippen LogP contribution in [-0.2, 0) is 4.74 Å². The van der Waals surface area contributed by atoms with E-state index in [0.717, 1.165) is 18.9 Å². The molecule has 1 N–H and O–H groups in total. The van der Waals surface area contributed by atoms with Crippen LogP contribution in [0.15, 0.2) is 18.2 Å².